The lowest BCUT2D eigenvalue weighted by molar-refractivity contribution is 0.310. The van der Waals surface area contributed by atoms with Crippen LogP contribution in [0, 0.1) is 11.8 Å². The van der Waals surface area contributed by atoms with E-state index in [0.29, 0.717) is 6.61 Å². The van der Waals surface area contributed by atoms with Crippen LogP contribution in [0.1, 0.15) is 9.75 Å². The molecule has 0 fully saturated rings. The van der Waals surface area contributed by atoms with Gasteiger partial charge >= 0.3 is 0 Å². The van der Waals surface area contributed by atoms with Crippen molar-refractivity contribution in [2.24, 2.45) is 0 Å². The minimum absolute atomic E-state index is 0.110. The van der Waals surface area contributed by atoms with Crippen molar-refractivity contribution in [3.63, 3.8) is 0 Å². The van der Waals surface area contributed by atoms with Gasteiger partial charge in [0.2, 0.25) is 0 Å². The number of rotatable bonds is 4. The number of anilines is 1. The van der Waals surface area contributed by atoms with Gasteiger partial charge in [-0.2, -0.15) is 0 Å². The Morgan fingerprint density at radius 1 is 1.25 bits per heavy atom. The zero-order valence-electron chi connectivity index (χ0n) is 11.6. The third-order valence-corrected chi connectivity index (χ3v) is 3.64. The van der Waals surface area contributed by atoms with Crippen LogP contribution in [0.3, 0.4) is 0 Å². The molecule has 0 atom stereocenters. The third kappa shape index (κ3) is 4.02. The first-order chi connectivity index (χ1) is 9.69. The molecule has 0 bridgehead atoms. The largest absolute Gasteiger partial charge is 0.488 e. The van der Waals surface area contributed by atoms with E-state index in [1.54, 1.807) is 11.3 Å². The average molecular weight is 287 g/mol. The molecule has 0 spiro atoms. The highest BCUT2D eigenvalue weighted by Crippen LogP contribution is 2.22. The Bertz CT molecular complexity index is 623. The van der Waals surface area contributed by atoms with E-state index in [1.165, 1.54) is 0 Å². The van der Waals surface area contributed by atoms with Gasteiger partial charge in [-0.1, -0.05) is 17.9 Å². The molecule has 0 saturated heterocycles. The Morgan fingerprint density at radius 3 is 2.85 bits per heavy atom. The molecule has 104 valence electrons. The summed E-state index contributed by atoms with van der Waals surface area (Å²) in [4.78, 5) is 4.10. The van der Waals surface area contributed by atoms with Gasteiger partial charge in [-0.05, 0) is 24.3 Å². The fourth-order valence-electron chi connectivity index (χ4n) is 1.66. The van der Waals surface area contributed by atoms with Crippen LogP contribution in [0.15, 0.2) is 36.4 Å². The van der Waals surface area contributed by atoms with Gasteiger partial charge < -0.3 is 14.7 Å². The van der Waals surface area contributed by atoms with Crippen LogP contribution in [0.25, 0.3) is 0 Å². The maximum atomic E-state index is 8.66. The molecule has 0 unspecified atom stereocenters. The van der Waals surface area contributed by atoms with E-state index in [0.717, 1.165) is 21.2 Å². The van der Waals surface area contributed by atoms with E-state index >= 15 is 0 Å². The molecule has 2 aromatic rings. The molecular weight excluding hydrogens is 270 g/mol. The molecule has 0 amide bonds. The van der Waals surface area contributed by atoms with Crippen molar-refractivity contribution >= 4 is 17.0 Å². The number of aliphatic hydroxyl groups excluding tert-OH is 1. The highest BCUT2D eigenvalue weighted by atomic mass is 32.1. The first-order valence-electron chi connectivity index (χ1n) is 6.27. The van der Waals surface area contributed by atoms with E-state index in [1.807, 2.05) is 55.4 Å². The Kier molecular flexibility index (Phi) is 5.05. The first kappa shape index (κ1) is 14.4. The highest BCUT2D eigenvalue weighted by Gasteiger charge is 2.01. The van der Waals surface area contributed by atoms with Gasteiger partial charge in [0, 0.05) is 30.7 Å². The molecule has 0 aliphatic heterocycles. The lowest BCUT2D eigenvalue weighted by Crippen LogP contribution is -2.08. The topological polar surface area (TPSA) is 32.7 Å². The van der Waals surface area contributed by atoms with E-state index in [-0.39, 0.29) is 6.61 Å². The van der Waals surface area contributed by atoms with Crippen molar-refractivity contribution in [2.75, 3.05) is 25.6 Å². The number of benzene rings is 1. The second-order valence-corrected chi connectivity index (χ2v) is 5.57. The summed E-state index contributed by atoms with van der Waals surface area (Å²) in [6.45, 7) is 0.420. The number of nitrogens with zero attached hydrogens (tertiary/aromatic N) is 1. The standard InChI is InChI=1S/C16H17NO2S/c1-17(2)13-5-3-6-14(11-13)19-12-16-9-8-15(20-16)7-4-10-18/h3,5-6,8-9,11,18H,10,12H2,1-2H3. The van der Waals surface area contributed by atoms with E-state index in [2.05, 4.69) is 11.8 Å². The summed E-state index contributed by atoms with van der Waals surface area (Å²) < 4.78 is 5.79. The molecule has 1 N–H and O–H groups in total. The van der Waals surface area contributed by atoms with Crippen LogP contribution in [-0.4, -0.2) is 25.8 Å². The third-order valence-electron chi connectivity index (χ3n) is 2.67. The van der Waals surface area contributed by atoms with Crippen LogP contribution < -0.4 is 9.64 Å². The summed E-state index contributed by atoms with van der Waals surface area (Å²) in [5.41, 5.74) is 1.11. The maximum Gasteiger partial charge on any atom is 0.122 e. The van der Waals surface area contributed by atoms with Crippen molar-refractivity contribution < 1.29 is 9.84 Å². The molecule has 1 heterocycles. The predicted octanol–water partition coefficient (Wildman–Crippen LogP) is 2.74. The van der Waals surface area contributed by atoms with Crippen LogP contribution in [0.2, 0.25) is 0 Å². The van der Waals surface area contributed by atoms with Crippen molar-refractivity contribution in [3.8, 4) is 17.6 Å². The number of thiophene rings is 1. The summed E-state index contributed by atoms with van der Waals surface area (Å²) in [7, 11) is 4.01. The number of ether oxygens (including phenoxy) is 1. The van der Waals surface area contributed by atoms with Crippen LogP contribution >= 0.6 is 11.3 Å². The SMILES string of the molecule is CN(C)c1cccc(OCc2ccc(C#CCO)s2)c1. The van der Waals surface area contributed by atoms with Crippen molar-refractivity contribution in [1.29, 1.82) is 0 Å². The minimum Gasteiger partial charge on any atom is -0.488 e. The first-order valence-corrected chi connectivity index (χ1v) is 7.09. The van der Waals surface area contributed by atoms with Gasteiger partial charge in [0.25, 0.3) is 0 Å². The van der Waals surface area contributed by atoms with Gasteiger partial charge in [-0.25, -0.2) is 0 Å². The second-order valence-electron chi connectivity index (χ2n) is 4.41. The predicted molar refractivity (Wildman–Crippen MR) is 83.4 cm³/mol. The Hall–Kier alpha value is -1.96. The number of hydrogen-bond acceptors (Lipinski definition) is 4. The molecule has 20 heavy (non-hydrogen) atoms. The average Bonchev–Trinajstić information content (AvgIpc) is 2.91. The summed E-state index contributed by atoms with van der Waals surface area (Å²) in [5, 5.41) is 8.66. The smallest absolute Gasteiger partial charge is 0.122 e. The zero-order chi connectivity index (χ0) is 14.4. The molecular formula is C16H17NO2S. The molecule has 0 aliphatic carbocycles. The highest BCUT2D eigenvalue weighted by molar-refractivity contribution is 7.12. The van der Waals surface area contributed by atoms with Gasteiger partial charge in [-0.3, -0.25) is 0 Å². The molecule has 3 nitrogen and oxygen atoms in total. The molecule has 0 radical (unpaired) electrons. The molecule has 1 aromatic carbocycles. The Labute approximate surface area is 123 Å². The monoisotopic (exact) mass is 287 g/mol. The Balaban J connectivity index is 1.98. The minimum atomic E-state index is -0.110. The molecule has 0 saturated carbocycles. The fourth-order valence-corrected chi connectivity index (χ4v) is 2.45. The van der Waals surface area contributed by atoms with Crippen LogP contribution in [0.4, 0.5) is 5.69 Å². The lowest BCUT2D eigenvalue weighted by Gasteiger charge is -2.13. The van der Waals surface area contributed by atoms with E-state index in [4.69, 9.17) is 9.84 Å². The fraction of sp³-hybridized carbons (Fsp3) is 0.250. The van der Waals surface area contributed by atoms with Gasteiger partial charge in [-0.15, -0.1) is 11.3 Å². The summed E-state index contributed by atoms with van der Waals surface area (Å²) >= 11 is 1.58. The summed E-state index contributed by atoms with van der Waals surface area (Å²) in [6, 6.07) is 11.9. The van der Waals surface area contributed by atoms with Gasteiger partial charge in [0.05, 0.1) is 4.88 Å². The Morgan fingerprint density at radius 2 is 2.10 bits per heavy atom. The lowest BCUT2D eigenvalue weighted by atomic mass is 10.3. The van der Waals surface area contributed by atoms with E-state index in [9.17, 15) is 0 Å². The maximum absolute atomic E-state index is 8.66. The quantitative estimate of drug-likeness (QED) is 0.878. The second kappa shape index (κ2) is 6.99. The van der Waals surface area contributed by atoms with Crippen LogP contribution in [-0.2, 0) is 6.61 Å². The molecule has 0 aliphatic rings. The molecule has 2 rings (SSSR count). The zero-order valence-corrected chi connectivity index (χ0v) is 12.4. The number of aliphatic hydroxyl groups is 1. The van der Waals surface area contributed by atoms with Gasteiger partial charge in [0.15, 0.2) is 0 Å². The molecule has 1 aromatic heterocycles. The van der Waals surface area contributed by atoms with Crippen LogP contribution in [0.5, 0.6) is 5.75 Å². The molecule has 4 heteroatoms. The van der Waals surface area contributed by atoms with Gasteiger partial charge in [0.1, 0.15) is 19.0 Å². The number of hydrogen-bond donors (Lipinski definition) is 1. The van der Waals surface area contributed by atoms with Crippen molar-refractivity contribution in [3.05, 3.63) is 46.2 Å². The summed E-state index contributed by atoms with van der Waals surface area (Å²) in [6.07, 6.45) is 0. The normalized spacial score (nSPS) is 9.75. The van der Waals surface area contributed by atoms with E-state index < -0.39 is 0 Å². The summed E-state index contributed by atoms with van der Waals surface area (Å²) in [5.74, 6) is 6.39. The van der Waals surface area contributed by atoms with Crippen molar-refractivity contribution in [1.82, 2.24) is 0 Å². The van der Waals surface area contributed by atoms with Crippen molar-refractivity contribution in [2.45, 2.75) is 6.61 Å².